The van der Waals surface area contributed by atoms with Gasteiger partial charge in [-0.05, 0) is 46.6 Å². The number of hydrogen-bond acceptors (Lipinski definition) is 7. The van der Waals surface area contributed by atoms with Gasteiger partial charge in [0.25, 0.3) is 0 Å². The lowest BCUT2D eigenvalue weighted by Gasteiger charge is -2.28. The predicted molar refractivity (Wildman–Crippen MR) is 130 cm³/mol. The van der Waals surface area contributed by atoms with Crippen molar-refractivity contribution in [2.75, 3.05) is 33.0 Å². The molecule has 0 N–H and O–H groups in total. The van der Waals surface area contributed by atoms with Crippen LogP contribution in [0.25, 0.3) is 0 Å². The van der Waals surface area contributed by atoms with Gasteiger partial charge in [0.2, 0.25) is 0 Å². The first kappa shape index (κ1) is 32.8. The Labute approximate surface area is 202 Å². The van der Waals surface area contributed by atoms with Crippen LogP contribution in [0.2, 0.25) is 12.1 Å². The van der Waals surface area contributed by atoms with E-state index in [2.05, 4.69) is 17.9 Å². The SMILES string of the molecule is C=C(C)C(=O)OCCC[Si](OCC)(OCC)OCC.C=CC(=O)OCCC[Si](Cl)(Cl)Cl. The standard InChI is InChI=1S/C13H26O5Si.C6H9Cl3O2Si/c1-6-16-19(17-7-2,18-8-3)11-9-10-15-13(14)12(4)5;1-2-6(10)11-4-3-5-12(7,8)9/h4,6-11H2,1-3,5H3;2H,1,3-5H2. The molecule has 0 heterocycles. The molecule has 0 bridgehead atoms. The lowest BCUT2D eigenvalue weighted by molar-refractivity contribution is -0.139. The summed E-state index contributed by atoms with van der Waals surface area (Å²) in [6, 6.07) is -1.39. The first-order valence-corrected chi connectivity index (χ1v) is 17.2. The van der Waals surface area contributed by atoms with E-state index in [0.29, 0.717) is 56.9 Å². The maximum absolute atomic E-state index is 11.2. The van der Waals surface area contributed by atoms with Crippen LogP contribution in [-0.2, 0) is 32.3 Å². The van der Waals surface area contributed by atoms with Crippen LogP contribution >= 0.6 is 33.2 Å². The van der Waals surface area contributed by atoms with Gasteiger partial charge in [-0.3, -0.25) is 0 Å². The van der Waals surface area contributed by atoms with Crippen molar-refractivity contribution in [2.24, 2.45) is 0 Å². The predicted octanol–water partition coefficient (Wildman–Crippen LogP) is 5.31. The number of halogens is 3. The Morgan fingerprint density at radius 3 is 1.71 bits per heavy atom. The Kier molecular flexibility index (Phi) is 20.2. The van der Waals surface area contributed by atoms with Gasteiger partial charge >= 0.3 is 26.7 Å². The highest BCUT2D eigenvalue weighted by molar-refractivity contribution is 7.64. The van der Waals surface area contributed by atoms with Gasteiger partial charge in [-0.15, -0.1) is 33.2 Å². The van der Waals surface area contributed by atoms with Crippen molar-refractivity contribution in [1.82, 2.24) is 0 Å². The van der Waals surface area contributed by atoms with Crippen LogP contribution < -0.4 is 0 Å². The molecule has 0 aromatic rings. The van der Waals surface area contributed by atoms with E-state index >= 15 is 0 Å². The summed E-state index contributed by atoms with van der Waals surface area (Å²) >= 11 is 16.8. The maximum Gasteiger partial charge on any atom is 0.501 e. The molecule has 0 aliphatic rings. The van der Waals surface area contributed by atoms with E-state index in [0.717, 1.165) is 6.08 Å². The topological polar surface area (TPSA) is 80.3 Å². The molecule has 0 aliphatic carbocycles. The Bertz CT molecular complexity index is 526. The lowest BCUT2D eigenvalue weighted by Crippen LogP contribution is -2.46. The molecule has 0 fully saturated rings. The molecule has 0 rings (SSSR count). The highest BCUT2D eigenvalue weighted by Gasteiger charge is 2.39. The highest BCUT2D eigenvalue weighted by Crippen LogP contribution is 2.26. The molecule has 0 aromatic carbocycles. The van der Waals surface area contributed by atoms with Gasteiger partial charge in [-0.25, -0.2) is 9.59 Å². The summed E-state index contributed by atoms with van der Waals surface area (Å²) in [7, 11) is -2.61. The third-order valence-electron chi connectivity index (χ3n) is 3.32. The summed E-state index contributed by atoms with van der Waals surface area (Å²) in [4.78, 5) is 21.7. The molecule has 31 heavy (non-hydrogen) atoms. The first-order chi connectivity index (χ1) is 14.5. The zero-order valence-electron chi connectivity index (χ0n) is 18.8. The number of carbonyl (C=O) groups excluding carboxylic acids is 2. The van der Waals surface area contributed by atoms with Crippen LogP contribution in [0.3, 0.4) is 0 Å². The minimum atomic E-state index is -2.61. The molecule has 7 nitrogen and oxygen atoms in total. The lowest BCUT2D eigenvalue weighted by atomic mass is 10.4. The van der Waals surface area contributed by atoms with E-state index in [1.165, 1.54) is 0 Å². The van der Waals surface area contributed by atoms with Crippen LogP contribution in [0.5, 0.6) is 0 Å². The van der Waals surface area contributed by atoms with Crippen LogP contribution in [0, 0.1) is 0 Å². The summed E-state index contributed by atoms with van der Waals surface area (Å²) in [6.45, 7) is 16.4. The number of rotatable bonds is 16. The summed E-state index contributed by atoms with van der Waals surface area (Å²) in [6.07, 6.45) is 2.35. The molecular weight excluding hydrogens is 503 g/mol. The Balaban J connectivity index is 0. The molecule has 0 saturated heterocycles. The molecular formula is C19H35Cl3O7Si2. The molecule has 0 radical (unpaired) electrons. The van der Waals surface area contributed by atoms with E-state index < -0.39 is 20.8 Å². The smallest absolute Gasteiger partial charge is 0.463 e. The fourth-order valence-corrected chi connectivity index (χ4v) is 6.41. The zero-order valence-corrected chi connectivity index (χ0v) is 23.1. The van der Waals surface area contributed by atoms with Crippen molar-refractivity contribution < 1.29 is 32.3 Å². The second-order valence-electron chi connectivity index (χ2n) is 6.09. The maximum atomic E-state index is 11.2. The fourth-order valence-electron chi connectivity index (χ4n) is 2.08. The minimum absolute atomic E-state index is 0.283. The highest BCUT2D eigenvalue weighted by atomic mass is 35.8. The number of ether oxygens (including phenoxy) is 2. The number of carbonyl (C=O) groups is 2. The average Bonchev–Trinajstić information content (AvgIpc) is 2.68. The van der Waals surface area contributed by atoms with Crippen molar-refractivity contribution in [2.45, 2.75) is 52.6 Å². The van der Waals surface area contributed by atoms with E-state index in [1.54, 1.807) is 6.92 Å². The zero-order chi connectivity index (χ0) is 24.3. The van der Waals surface area contributed by atoms with Crippen molar-refractivity contribution in [1.29, 1.82) is 0 Å². The fraction of sp³-hybridized carbons (Fsp3) is 0.684. The third-order valence-corrected chi connectivity index (χ3v) is 9.09. The summed E-state index contributed by atoms with van der Waals surface area (Å²) in [5.74, 6) is -0.808. The van der Waals surface area contributed by atoms with Crippen molar-refractivity contribution in [3.05, 3.63) is 24.8 Å². The van der Waals surface area contributed by atoms with Crippen molar-refractivity contribution in [3.8, 4) is 0 Å². The molecule has 0 unspecified atom stereocenters. The van der Waals surface area contributed by atoms with E-state index in [4.69, 9.17) is 51.3 Å². The molecule has 0 amide bonds. The second kappa shape index (κ2) is 19.1. The quantitative estimate of drug-likeness (QED) is 0.0868. The minimum Gasteiger partial charge on any atom is -0.463 e. The largest absolute Gasteiger partial charge is 0.501 e. The van der Waals surface area contributed by atoms with Crippen LogP contribution in [-0.4, -0.2) is 59.8 Å². The summed E-state index contributed by atoms with van der Waals surface area (Å²) < 4.78 is 26.8. The van der Waals surface area contributed by atoms with Crippen LogP contribution in [0.4, 0.5) is 0 Å². The molecule has 0 saturated carbocycles. The molecule has 0 atom stereocenters. The van der Waals surface area contributed by atoms with E-state index in [1.807, 2.05) is 20.8 Å². The molecule has 0 spiro atoms. The van der Waals surface area contributed by atoms with Gasteiger partial charge in [-0.2, -0.15) is 0 Å². The third kappa shape index (κ3) is 20.0. The normalized spacial score (nSPS) is 11.2. The summed E-state index contributed by atoms with van der Waals surface area (Å²) in [5.41, 5.74) is 0.405. The number of hydrogen-bond donors (Lipinski definition) is 0. The van der Waals surface area contributed by atoms with Gasteiger partial charge < -0.3 is 22.8 Å². The Morgan fingerprint density at radius 1 is 0.871 bits per heavy atom. The Morgan fingerprint density at radius 2 is 1.32 bits per heavy atom. The van der Waals surface area contributed by atoms with Gasteiger partial charge in [0.15, 0.2) is 0 Å². The van der Waals surface area contributed by atoms with Gasteiger partial charge in [0.1, 0.15) is 0 Å². The van der Waals surface area contributed by atoms with Gasteiger partial charge in [0, 0.05) is 37.5 Å². The monoisotopic (exact) mass is 536 g/mol. The molecule has 0 aliphatic heterocycles. The molecule has 12 heteroatoms. The first-order valence-electron chi connectivity index (χ1n) is 10.1. The second-order valence-corrected chi connectivity index (χ2v) is 18.1. The van der Waals surface area contributed by atoms with Crippen LogP contribution in [0.15, 0.2) is 24.8 Å². The molecule has 0 aromatic heterocycles. The van der Waals surface area contributed by atoms with E-state index in [9.17, 15) is 9.59 Å². The summed E-state index contributed by atoms with van der Waals surface area (Å²) in [5, 5.41) is 0. The Hall–Kier alpha value is -0.396. The molecule has 182 valence electrons. The van der Waals surface area contributed by atoms with E-state index in [-0.39, 0.29) is 12.6 Å². The van der Waals surface area contributed by atoms with Gasteiger partial charge in [0.05, 0.1) is 13.2 Å². The van der Waals surface area contributed by atoms with Crippen LogP contribution in [0.1, 0.15) is 40.5 Å². The average molecular weight is 538 g/mol. The van der Waals surface area contributed by atoms with Gasteiger partial charge in [-0.1, -0.05) is 13.2 Å². The van der Waals surface area contributed by atoms with Crippen molar-refractivity contribution in [3.63, 3.8) is 0 Å². The number of esters is 2. The van der Waals surface area contributed by atoms with Crippen molar-refractivity contribution >= 4 is 60.0 Å².